The number of ketones is 1. The normalized spacial score (nSPS) is 33.1. The van der Waals surface area contributed by atoms with E-state index in [4.69, 9.17) is 4.74 Å². The molecule has 0 saturated carbocycles. The molecule has 90 valence electrons. The highest BCUT2D eigenvalue weighted by Crippen LogP contribution is 2.25. The SMILES string of the molecule is C/C=C/C1O/C(=C2/C(=O)CNC2=O)C=CC1C. The number of carbonyl (C=O) groups excluding carboxylic acids is 2. The van der Waals surface area contributed by atoms with E-state index in [1.165, 1.54) is 0 Å². The number of Topliss-reactive ketones (excluding diaryl/α,β-unsaturated/α-hetero) is 1. The van der Waals surface area contributed by atoms with Crippen molar-refractivity contribution >= 4 is 11.7 Å². The molecule has 0 aromatic rings. The number of hydrogen-bond acceptors (Lipinski definition) is 3. The molecule has 0 bridgehead atoms. The van der Waals surface area contributed by atoms with Gasteiger partial charge in [-0.15, -0.1) is 0 Å². The van der Waals surface area contributed by atoms with Gasteiger partial charge in [0.05, 0.1) is 6.54 Å². The Morgan fingerprint density at radius 2 is 2.24 bits per heavy atom. The summed E-state index contributed by atoms with van der Waals surface area (Å²) in [6, 6.07) is 0. The number of ether oxygens (including phenoxy) is 1. The zero-order valence-corrected chi connectivity index (χ0v) is 9.90. The minimum absolute atomic E-state index is 0.0682. The van der Waals surface area contributed by atoms with Crippen LogP contribution in [-0.4, -0.2) is 24.3 Å². The predicted molar refractivity (Wildman–Crippen MR) is 63.0 cm³/mol. The number of nitrogens with one attached hydrogen (secondary N) is 1. The van der Waals surface area contributed by atoms with Crippen LogP contribution in [0.5, 0.6) is 0 Å². The van der Waals surface area contributed by atoms with Crippen LogP contribution in [-0.2, 0) is 14.3 Å². The molecule has 4 nitrogen and oxygen atoms in total. The minimum atomic E-state index is -0.344. The smallest absolute Gasteiger partial charge is 0.259 e. The first-order valence-electron chi connectivity index (χ1n) is 5.67. The standard InChI is InChI=1S/C13H15NO3/c1-3-4-10-8(2)5-6-11(17-10)12-9(15)7-14-13(12)16/h3-6,8,10H,7H2,1-2H3,(H,14,16)/b4-3+,12-11-. The topological polar surface area (TPSA) is 55.4 Å². The fraction of sp³-hybridized carbons (Fsp3) is 0.385. The fourth-order valence-corrected chi connectivity index (χ4v) is 1.90. The van der Waals surface area contributed by atoms with Gasteiger partial charge in [-0.25, -0.2) is 0 Å². The number of allylic oxidation sites excluding steroid dienone is 2. The van der Waals surface area contributed by atoms with E-state index in [-0.39, 0.29) is 35.8 Å². The second-order valence-electron chi connectivity index (χ2n) is 4.17. The van der Waals surface area contributed by atoms with E-state index in [9.17, 15) is 9.59 Å². The van der Waals surface area contributed by atoms with Crippen LogP contribution in [0.3, 0.4) is 0 Å². The highest BCUT2D eigenvalue weighted by molar-refractivity contribution is 6.25. The van der Waals surface area contributed by atoms with Gasteiger partial charge in [0.2, 0.25) is 0 Å². The second kappa shape index (κ2) is 4.57. The monoisotopic (exact) mass is 233 g/mol. The molecule has 0 aromatic heterocycles. The Morgan fingerprint density at radius 1 is 1.47 bits per heavy atom. The van der Waals surface area contributed by atoms with Crippen molar-refractivity contribution in [2.24, 2.45) is 5.92 Å². The maximum atomic E-state index is 11.6. The van der Waals surface area contributed by atoms with Gasteiger partial charge in [0.15, 0.2) is 5.78 Å². The van der Waals surface area contributed by atoms with E-state index < -0.39 is 0 Å². The highest BCUT2D eigenvalue weighted by atomic mass is 16.5. The van der Waals surface area contributed by atoms with Gasteiger partial charge in [-0.3, -0.25) is 9.59 Å². The lowest BCUT2D eigenvalue weighted by Crippen LogP contribution is -2.23. The van der Waals surface area contributed by atoms with E-state index in [1.54, 1.807) is 6.08 Å². The lowest BCUT2D eigenvalue weighted by molar-refractivity contribution is -0.117. The predicted octanol–water partition coefficient (Wildman–Crippen LogP) is 1.11. The van der Waals surface area contributed by atoms with Crippen LogP contribution in [0.2, 0.25) is 0 Å². The molecular formula is C13H15NO3. The average molecular weight is 233 g/mol. The van der Waals surface area contributed by atoms with Gasteiger partial charge in [-0.1, -0.05) is 19.1 Å². The Balaban J connectivity index is 2.35. The molecule has 2 aliphatic heterocycles. The average Bonchev–Trinajstić information content (AvgIpc) is 2.63. The van der Waals surface area contributed by atoms with Crippen LogP contribution in [0.25, 0.3) is 0 Å². The molecule has 0 aliphatic carbocycles. The molecule has 1 amide bonds. The third-order valence-corrected chi connectivity index (χ3v) is 2.88. The molecule has 2 rings (SSSR count). The molecule has 2 atom stereocenters. The van der Waals surface area contributed by atoms with Crippen molar-refractivity contribution < 1.29 is 14.3 Å². The van der Waals surface area contributed by atoms with Crippen molar-refractivity contribution in [2.45, 2.75) is 20.0 Å². The molecule has 1 fully saturated rings. The molecule has 2 aliphatic rings. The van der Waals surface area contributed by atoms with Gasteiger partial charge in [-0.2, -0.15) is 0 Å². The maximum absolute atomic E-state index is 11.6. The van der Waals surface area contributed by atoms with Gasteiger partial charge in [0, 0.05) is 5.92 Å². The largest absolute Gasteiger partial charge is 0.485 e. The van der Waals surface area contributed by atoms with Crippen LogP contribution in [0.1, 0.15) is 13.8 Å². The van der Waals surface area contributed by atoms with Crippen molar-refractivity contribution in [1.29, 1.82) is 0 Å². The zero-order valence-electron chi connectivity index (χ0n) is 9.90. The Bertz CT molecular complexity index is 428. The van der Waals surface area contributed by atoms with E-state index in [0.29, 0.717) is 5.76 Å². The van der Waals surface area contributed by atoms with Crippen molar-refractivity contribution in [3.05, 3.63) is 35.6 Å². The third kappa shape index (κ3) is 2.16. The molecule has 2 unspecified atom stereocenters. The van der Waals surface area contributed by atoms with Crippen molar-refractivity contribution in [3.63, 3.8) is 0 Å². The Morgan fingerprint density at radius 3 is 2.82 bits per heavy atom. The highest BCUT2D eigenvalue weighted by Gasteiger charge is 2.32. The molecule has 0 radical (unpaired) electrons. The van der Waals surface area contributed by atoms with Crippen LogP contribution in [0, 0.1) is 5.92 Å². The second-order valence-corrected chi connectivity index (χ2v) is 4.17. The Hall–Kier alpha value is -1.84. The lowest BCUT2D eigenvalue weighted by Gasteiger charge is -2.25. The van der Waals surface area contributed by atoms with Crippen molar-refractivity contribution in [2.75, 3.05) is 6.54 Å². The summed E-state index contributed by atoms with van der Waals surface area (Å²) >= 11 is 0. The van der Waals surface area contributed by atoms with Crippen LogP contribution < -0.4 is 5.32 Å². The Kier molecular flexibility index (Phi) is 3.13. The molecule has 17 heavy (non-hydrogen) atoms. The summed E-state index contributed by atoms with van der Waals surface area (Å²) in [5.74, 6) is 0.0631. The summed E-state index contributed by atoms with van der Waals surface area (Å²) in [4.78, 5) is 23.1. The van der Waals surface area contributed by atoms with Crippen molar-refractivity contribution in [3.8, 4) is 0 Å². The van der Waals surface area contributed by atoms with E-state index in [1.807, 2.05) is 32.1 Å². The molecule has 0 spiro atoms. The zero-order chi connectivity index (χ0) is 12.4. The van der Waals surface area contributed by atoms with Crippen molar-refractivity contribution in [1.82, 2.24) is 5.32 Å². The van der Waals surface area contributed by atoms with Gasteiger partial charge in [0.1, 0.15) is 17.4 Å². The van der Waals surface area contributed by atoms with E-state index >= 15 is 0 Å². The molecule has 1 saturated heterocycles. The fourth-order valence-electron chi connectivity index (χ4n) is 1.90. The number of amides is 1. The van der Waals surface area contributed by atoms with Crippen LogP contribution in [0.15, 0.2) is 35.6 Å². The van der Waals surface area contributed by atoms with E-state index in [0.717, 1.165) is 0 Å². The van der Waals surface area contributed by atoms with Gasteiger partial charge < -0.3 is 10.1 Å². The number of hydrogen-bond donors (Lipinski definition) is 1. The summed E-state index contributed by atoms with van der Waals surface area (Å²) in [7, 11) is 0. The summed E-state index contributed by atoms with van der Waals surface area (Å²) in [5, 5.41) is 2.50. The van der Waals surface area contributed by atoms with Gasteiger partial charge in [0.25, 0.3) is 5.91 Å². The summed E-state index contributed by atoms with van der Waals surface area (Å²) < 4.78 is 5.69. The first-order valence-corrected chi connectivity index (χ1v) is 5.67. The summed E-state index contributed by atoms with van der Waals surface area (Å²) in [6.45, 7) is 4.01. The van der Waals surface area contributed by atoms with E-state index in [2.05, 4.69) is 5.32 Å². The summed E-state index contributed by atoms with van der Waals surface area (Å²) in [6.07, 6.45) is 7.37. The van der Waals surface area contributed by atoms with Crippen LogP contribution in [0.4, 0.5) is 0 Å². The number of carbonyl (C=O) groups is 2. The van der Waals surface area contributed by atoms with Gasteiger partial charge >= 0.3 is 0 Å². The third-order valence-electron chi connectivity index (χ3n) is 2.88. The summed E-state index contributed by atoms with van der Waals surface area (Å²) in [5.41, 5.74) is 0.141. The molecular weight excluding hydrogens is 218 g/mol. The quantitative estimate of drug-likeness (QED) is 0.419. The molecule has 0 aromatic carbocycles. The molecule has 2 heterocycles. The molecule has 1 N–H and O–H groups in total. The first kappa shape index (κ1) is 11.6. The first-order chi connectivity index (χ1) is 8.13. The maximum Gasteiger partial charge on any atom is 0.259 e. The van der Waals surface area contributed by atoms with Crippen LogP contribution >= 0.6 is 0 Å². The van der Waals surface area contributed by atoms with Gasteiger partial charge in [-0.05, 0) is 19.1 Å². The number of rotatable bonds is 1. The Labute approximate surface area is 100 Å². The minimum Gasteiger partial charge on any atom is -0.485 e. The molecule has 4 heteroatoms. The lowest BCUT2D eigenvalue weighted by atomic mass is 9.99.